The zero-order valence-electron chi connectivity index (χ0n) is 10.4. The van der Waals surface area contributed by atoms with Gasteiger partial charge in [-0.25, -0.2) is 4.39 Å². The molecular formula is C12H14ClFN2O3. The summed E-state index contributed by atoms with van der Waals surface area (Å²) in [6, 6.07) is 1.98. The lowest BCUT2D eigenvalue weighted by Crippen LogP contribution is -2.11. The molecule has 104 valence electrons. The van der Waals surface area contributed by atoms with Gasteiger partial charge < -0.3 is 10.1 Å². The Hall–Kier alpha value is -1.66. The van der Waals surface area contributed by atoms with E-state index >= 15 is 0 Å². The number of benzene rings is 1. The Balaban J connectivity index is 2.64. The van der Waals surface area contributed by atoms with Crippen LogP contribution in [0.1, 0.15) is 6.92 Å². The molecule has 0 atom stereocenters. The Morgan fingerprint density at radius 3 is 2.89 bits per heavy atom. The molecule has 5 nitrogen and oxygen atoms in total. The van der Waals surface area contributed by atoms with Crippen molar-refractivity contribution < 1.29 is 14.1 Å². The van der Waals surface area contributed by atoms with Crippen LogP contribution in [0.3, 0.4) is 0 Å². The van der Waals surface area contributed by atoms with Gasteiger partial charge in [-0.1, -0.05) is 23.8 Å². The SMILES string of the molecule is C=C(C)COCCNc1cc(F)c(Cl)cc1[N+](=O)[O-]. The van der Waals surface area contributed by atoms with Gasteiger partial charge in [-0.05, 0) is 6.92 Å². The number of nitrogens with zero attached hydrogens (tertiary/aromatic N) is 1. The number of hydrogen-bond donors (Lipinski definition) is 1. The van der Waals surface area contributed by atoms with Gasteiger partial charge in [-0.15, -0.1) is 0 Å². The highest BCUT2D eigenvalue weighted by Gasteiger charge is 2.17. The van der Waals surface area contributed by atoms with Crippen molar-refractivity contribution in [2.45, 2.75) is 6.92 Å². The summed E-state index contributed by atoms with van der Waals surface area (Å²) in [4.78, 5) is 10.2. The molecule has 0 spiro atoms. The molecule has 19 heavy (non-hydrogen) atoms. The molecule has 1 aromatic carbocycles. The summed E-state index contributed by atoms with van der Waals surface area (Å²) in [5.41, 5.74) is 0.681. The lowest BCUT2D eigenvalue weighted by Gasteiger charge is -2.08. The van der Waals surface area contributed by atoms with Gasteiger partial charge in [0.1, 0.15) is 11.5 Å². The van der Waals surface area contributed by atoms with Crippen molar-refractivity contribution in [3.8, 4) is 0 Å². The Bertz CT molecular complexity index is 494. The number of ether oxygens (including phenoxy) is 1. The quantitative estimate of drug-likeness (QED) is 0.361. The van der Waals surface area contributed by atoms with Gasteiger partial charge in [0.2, 0.25) is 0 Å². The van der Waals surface area contributed by atoms with Crippen molar-refractivity contribution in [3.63, 3.8) is 0 Å². The van der Waals surface area contributed by atoms with Crippen LogP contribution in [-0.4, -0.2) is 24.7 Å². The van der Waals surface area contributed by atoms with Gasteiger partial charge in [-0.3, -0.25) is 10.1 Å². The maximum Gasteiger partial charge on any atom is 0.294 e. The summed E-state index contributed by atoms with van der Waals surface area (Å²) in [5.74, 6) is -0.711. The molecule has 0 radical (unpaired) electrons. The van der Waals surface area contributed by atoms with Gasteiger partial charge in [0.05, 0.1) is 23.2 Å². The third kappa shape index (κ3) is 4.84. The minimum Gasteiger partial charge on any atom is -0.377 e. The fourth-order valence-corrected chi connectivity index (χ4v) is 1.49. The topological polar surface area (TPSA) is 64.4 Å². The number of halogens is 2. The van der Waals surface area contributed by atoms with Crippen LogP contribution in [0.4, 0.5) is 15.8 Å². The predicted octanol–water partition coefficient (Wildman–Crippen LogP) is 3.39. The third-order valence-electron chi connectivity index (χ3n) is 2.15. The van der Waals surface area contributed by atoms with E-state index in [9.17, 15) is 14.5 Å². The Kier molecular flexibility index (Phi) is 5.72. The highest BCUT2D eigenvalue weighted by atomic mass is 35.5. The highest BCUT2D eigenvalue weighted by Crippen LogP contribution is 2.30. The van der Waals surface area contributed by atoms with Gasteiger partial charge in [-0.2, -0.15) is 0 Å². The predicted molar refractivity (Wildman–Crippen MR) is 72.2 cm³/mol. The summed E-state index contributed by atoms with van der Waals surface area (Å²) in [6.45, 7) is 6.55. The maximum atomic E-state index is 13.3. The number of nitro benzene ring substituents is 1. The van der Waals surface area contributed by atoms with E-state index in [1.165, 1.54) is 0 Å². The lowest BCUT2D eigenvalue weighted by atomic mass is 10.2. The summed E-state index contributed by atoms with van der Waals surface area (Å²) < 4.78 is 18.5. The third-order valence-corrected chi connectivity index (χ3v) is 2.44. The summed E-state index contributed by atoms with van der Waals surface area (Å²) in [5, 5.41) is 13.3. The van der Waals surface area contributed by atoms with Crippen molar-refractivity contribution in [3.05, 3.63) is 45.2 Å². The number of hydrogen-bond acceptors (Lipinski definition) is 4. The summed E-state index contributed by atoms with van der Waals surface area (Å²) in [6.07, 6.45) is 0. The van der Waals surface area contributed by atoms with Crippen LogP contribution in [-0.2, 0) is 4.74 Å². The van der Waals surface area contributed by atoms with E-state index in [4.69, 9.17) is 16.3 Å². The largest absolute Gasteiger partial charge is 0.377 e. The van der Waals surface area contributed by atoms with E-state index in [0.717, 1.165) is 17.7 Å². The first-order chi connectivity index (χ1) is 8.91. The molecule has 0 fully saturated rings. The molecule has 0 unspecified atom stereocenters. The molecule has 0 saturated carbocycles. The molecule has 0 aliphatic carbocycles. The molecule has 1 aromatic rings. The Morgan fingerprint density at radius 1 is 1.63 bits per heavy atom. The molecule has 0 heterocycles. The standard InChI is InChI=1S/C12H14ClFN2O3/c1-8(2)7-19-4-3-15-11-6-10(14)9(13)5-12(11)16(17)18/h5-6,15H,1,3-4,7H2,2H3. The fourth-order valence-electron chi connectivity index (χ4n) is 1.33. The first kappa shape index (κ1) is 15.4. The number of anilines is 1. The van der Waals surface area contributed by atoms with Crippen LogP contribution in [0.2, 0.25) is 5.02 Å². The molecule has 0 aromatic heterocycles. The van der Waals surface area contributed by atoms with Crippen LogP contribution in [0.25, 0.3) is 0 Å². The van der Waals surface area contributed by atoms with E-state index < -0.39 is 10.7 Å². The molecule has 1 rings (SSSR count). The molecular weight excluding hydrogens is 275 g/mol. The van der Waals surface area contributed by atoms with E-state index in [1.807, 2.05) is 6.92 Å². The Morgan fingerprint density at radius 2 is 2.32 bits per heavy atom. The van der Waals surface area contributed by atoms with Crippen molar-refractivity contribution in [2.75, 3.05) is 25.1 Å². The second-order valence-electron chi connectivity index (χ2n) is 3.98. The van der Waals surface area contributed by atoms with Crippen LogP contribution >= 0.6 is 11.6 Å². The van der Waals surface area contributed by atoms with Crippen LogP contribution in [0, 0.1) is 15.9 Å². The molecule has 0 bridgehead atoms. The van der Waals surface area contributed by atoms with E-state index in [2.05, 4.69) is 11.9 Å². The zero-order valence-corrected chi connectivity index (χ0v) is 11.2. The van der Waals surface area contributed by atoms with Crippen LogP contribution < -0.4 is 5.32 Å². The molecule has 0 amide bonds. The van der Waals surface area contributed by atoms with Gasteiger partial charge in [0, 0.05) is 18.7 Å². The summed E-state index contributed by atoms with van der Waals surface area (Å²) >= 11 is 5.51. The minimum absolute atomic E-state index is 0.0748. The van der Waals surface area contributed by atoms with Gasteiger partial charge >= 0.3 is 0 Å². The van der Waals surface area contributed by atoms with Crippen molar-refractivity contribution in [1.82, 2.24) is 0 Å². The normalized spacial score (nSPS) is 10.3. The van der Waals surface area contributed by atoms with Gasteiger partial charge in [0.15, 0.2) is 0 Å². The number of nitrogens with one attached hydrogen (secondary N) is 1. The maximum absolute atomic E-state index is 13.3. The summed E-state index contributed by atoms with van der Waals surface area (Å²) in [7, 11) is 0. The van der Waals surface area contributed by atoms with Crippen molar-refractivity contribution in [2.24, 2.45) is 0 Å². The van der Waals surface area contributed by atoms with Crippen molar-refractivity contribution in [1.29, 1.82) is 0 Å². The van der Waals surface area contributed by atoms with Crippen molar-refractivity contribution >= 4 is 23.0 Å². The average molecular weight is 289 g/mol. The highest BCUT2D eigenvalue weighted by molar-refractivity contribution is 6.31. The smallest absolute Gasteiger partial charge is 0.294 e. The second kappa shape index (κ2) is 7.06. The molecule has 0 aliphatic heterocycles. The molecule has 1 N–H and O–H groups in total. The minimum atomic E-state index is -0.711. The molecule has 0 saturated heterocycles. The van der Waals surface area contributed by atoms with Gasteiger partial charge in [0.25, 0.3) is 5.69 Å². The lowest BCUT2D eigenvalue weighted by molar-refractivity contribution is -0.384. The monoisotopic (exact) mass is 288 g/mol. The van der Waals surface area contributed by atoms with E-state index in [0.29, 0.717) is 19.8 Å². The van der Waals surface area contributed by atoms with Crippen LogP contribution in [0.15, 0.2) is 24.3 Å². The van der Waals surface area contributed by atoms with E-state index in [-0.39, 0.29) is 16.4 Å². The number of rotatable bonds is 7. The molecule has 7 heteroatoms. The van der Waals surface area contributed by atoms with Crippen LogP contribution in [0.5, 0.6) is 0 Å². The van der Waals surface area contributed by atoms with E-state index in [1.54, 1.807) is 0 Å². The Labute approximate surface area is 115 Å². The average Bonchev–Trinajstić information content (AvgIpc) is 2.32. The first-order valence-corrected chi connectivity index (χ1v) is 5.89. The number of nitro groups is 1. The first-order valence-electron chi connectivity index (χ1n) is 5.51. The second-order valence-corrected chi connectivity index (χ2v) is 4.38. The molecule has 0 aliphatic rings. The fraction of sp³-hybridized carbons (Fsp3) is 0.333. The zero-order chi connectivity index (χ0) is 14.4.